The van der Waals surface area contributed by atoms with E-state index in [0.717, 1.165) is 13.0 Å². The normalized spacial score (nSPS) is 11.2. The van der Waals surface area contributed by atoms with Crippen LogP contribution in [0.15, 0.2) is 29.1 Å². The maximum absolute atomic E-state index is 11.8. The summed E-state index contributed by atoms with van der Waals surface area (Å²) in [7, 11) is 0. The smallest absolute Gasteiger partial charge is 0.260 e. The Balaban J connectivity index is 1.86. The molecule has 0 aliphatic carbocycles. The molecule has 5 nitrogen and oxygen atoms in total. The van der Waals surface area contributed by atoms with E-state index in [1.165, 1.54) is 0 Å². The molecule has 0 aliphatic rings. The standard InChI is InChI=1S/C15H21N3O2/c1-11(2)7-9-20-10-8-16-15-17-13-6-4-3-5-12(13)14(19)18-15/h3-6,11H,7-10H2,1-2H3,(H2,16,17,18,19). The van der Waals surface area contributed by atoms with Gasteiger partial charge < -0.3 is 10.1 Å². The zero-order valence-electron chi connectivity index (χ0n) is 12.0. The van der Waals surface area contributed by atoms with Gasteiger partial charge in [-0.05, 0) is 24.5 Å². The largest absolute Gasteiger partial charge is 0.380 e. The van der Waals surface area contributed by atoms with Crippen LogP contribution in [0.3, 0.4) is 0 Å². The number of fused-ring (bicyclic) bond motifs is 1. The minimum absolute atomic E-state index is 0.126. The molecule has 20 heavy (non-hydrogen) atoms. The average molecular weight is 275 g/mol. The first-order chi connectivity index (χ1) is 9.66. The molecule has 0 fully saturated rings. The average Bonchev–Trinajstić information content (AvgIpc) is 2.42. The van der Waals surface area contributed by atoms with Gasteiger partial charge in [-0.3, -0.25) is 9.78 Å². The maximum atomic E-state index is 11.8. The molecule has 1 aromatic heterocycles. The van der Waals surface area contributed by atoms with Gasteiger partial charge in [0, 0.05) is 13.2 Å². The lowest BCUT2D eigenvalue weighted by Crippen LogP contribution is -2.16. The van der Waals surface area contributed by atoms with Crippen LogP contribution in [0, 0.1) is 5.92 Å². The van der Waals surface area contributed by atoms with Crippen LogP contribution < -0.4 is 10.9 Å². The predicted octanol–water partition coefficient (Wildman–Crippen LogP) is 2.40. The molecule has 2 aromatic rings. The van der Waals surface area contributed by atoms with Crippen molar-refractivity contribution in [3.05, 3.63) is 34.6 Å². The molecule has 1 aromatic carbocycles. The number of nitrogens with one attached hydrogen (secondary N) is 2. The van der Waals surface area contributed by atoms with Gasteiger partial charge in [0.25, 0.3) is 5.56 Å². The molecule has 0 saturated heterocycles. The Morgan fingerprint density at radius 1 is 1.30 bits per heavy atom. The summed E-state index contributed by atoms with van der Waals surface area (Å²) in [5.74, 6) is 1.14. The Labute approximate surface area is 118 Å². The van der Waals surface area contributed by atoms with Gasteiger partial charge in [-0.15, -0.1) is 0 Å². The molecule has 0 aliphatic heterocycles. The van der Waals surface area contributed by atoms with Gasteiger partial charge in [-0.2, -0.15) is 0 Å². The number of para-hydroxylation sites is 1. The zero-order valence-corrected chi connectivity index (χ0v) is 12.0. The first-order valence-electron chi connectivity index (χ1n) is 6.97. The van der Waals surface area contributed by atoms with Crippen LogP contribution in [-0.4, -0.2) is 29.7 Å². The topological polar surface area (TPSA) is 67.0 Å². The molecular weight excluding hydrogens is 254 g/mol. The lowest BCUT2D eigenvalue weighted by atomic mass is 10.1. The van der Waals surface area contributed by atoms with Crippen LogP contribution in [0.1, 0.15) is 20.3 Å². The van der Waals surface area contributed by atoms with Gasteiger partial charge in [0.15, 0.2) is 0 Å². The summed E-state index contributed by atoms with van der Waals surface area (Å²) in [6, 6.07) is 7.29. The fourth-order valence-electron chi connectivity index (χ4n) is 1.83. The van der Waals surface area contributed by atoms with E-state index in [0.29, 0.717) is 35.9 Å². The van der Waals surface area contributed by atoms with Crippen molar-refractivity contribution < 1.29 is 4.74 Å². The third kappa shape index (κ3) is 4.06. The fraction of sp³-hybridized carbons (Fsp3) is 0.467. The SMILES string of the molecule is CC(C)CCOCCNc1nc2ccccc2c(=O)[nH]1. The highest BCUT2D eigenvalue weighted by molar-refractivity contribution is 5.78. The second-order valence-electron chi connectivity index (χ2n) is 5.15. The van der Waals surface area contributed by atoms with E-state index in [2.05, 4.69) is 29.1 Å². The lowest BCUT2D eigenvalue weighted by Gasteiger charge is -2.08. The minimum Gasteiger partial charge on any atom is -0.380 e. The summed E-state index contributed by atoms with van der Waals surface area (Å²) in [5.41, 5.74) is 0.568. The van der Waals surface area contributed by atoms with Crippen LogP contribution in [0.5, 0.6) is 0 Å². The lowest BCUT2D eigenvalue weighted by molar-refractivity contribution is 0.132. The van der Waals surface area contributed by atoms with Crippen LogP contribution >= 0.6 is 0 Å². The molecule has 108 valence electrons. The molecule has 0 radical (unpaired) electrons. The van der Waals surface area contributed by atoms with Crippen LogP contribution in [0.25, 0.3) is 10.9 Å². The number of aromatic nitrogens is 2. The number of hydrogen-bond acceptors (Lipinski definition) is 4. The van der Waals surface area contributed by atoms with Gasteiger partial charge >= 0.3 is 0 Å². The van der Waals surface area contributed by atoms with Crippen LogP contribution in [0.4, 0.5) is 5.95 Å². The Bertz CT molecular complexity index is 607. The highest BCUT2D eigenvalue weighted by Gasteiger charge is 2.02. The van der Waals surface area contributed by atoms with Crippen LogP contribution in [-0.2, 0) is 4.74 Å². The number of ether oxygens (including phenoxy) is 1. The number of H-pyrrole nitrogens is 1. The number of nitrogens with zero attached hydrogens (tertiary/aromatic N) is 1. The highest BCUT2D eigenvalue weighted by Crippen LogP contribution is 2.07. The number of hydrogen-bond donors (Lipinski definition) is 2. The first kappa shape index (κ1) is 14.5. The Morgan fingerprint density at radius 3 is 2.90 bits per heavy atom. The van der Waals surface area contributed by atoms with Crippen molar-refractivity contribution >= 4 is 16.9 Å². The van der Waals surface area contributed by atoms with E-state index >= 15 is 0 Å². The number of aromatic amines is 1. The summed E-state index contributed by atoms with van der Waals surface area (Å²) in [6.07, 6.45) is 1.06. The third-order valence-electron chi connectivity index (χ3n) is 2.99. The fourth-order valence-corrected chi connectivity index (χ4v) is 1.83. The van der Waals surface area contributed by atoms with Crippen molar-refractivity contribution in [1.29, 1.82) is 0 Å². The van der Waals surface area contributed by atoms with Crippen LogP contribution in [0.2, 0.25) is 0 Å². The maximum Gasteiger partial charge on any atom is 0.260 e. The van der Waals surface area contributed by atoms with Gasteiger partial charge in [0.1, 0.15) is 0 Å². The van der Waals surface area contributed by atoms with Gasteiger partial charge in [0.2, 0.25) is 5.95 Å². The monoisotopic (exact) mass is 275 g/mol. The van der Waals surface area contributed by atoms with Gasteiger partial charge in [0.05, 0.1) is 17.5 Å². The summed E-state index contributed by atoms with van der Waals surface area (Å²) in [4.78, 5) is 18.9. The van der Waals surface area contributed by atoms with Crippen molar-refractivity contribution in [2.24, 2.45) is 5.92 Å². The molecule has 2 N–H and O–H groups in total. The van der Waals surface area contributed by atoms with Crippen molar-refractivity contribution in [2.75, 3.05) is 25.1 Å². The van der Waals surface area contributed by atoms with Gasteiger partial charge in [-0.25, -0.2) is 4.98 Å². The summed E-state index contributed by atoms with van der Waals surface area (Å²) in [6.45, 7) is 6.33. The number of benzene rings is 1. The van der Waals surface area contributed by atoms with E-state index in [9.17, 15) is 4.79 Å². The predicted molar refractivity (Wildman–Crippen MR) is 81.1 cm³/mol. The van der Waals surface area contributed by atoms with E-state index in [-0.39, 0.29) is 5.56 Å². The van der Waals surface area contributed by atoms with Crippen molar-refractivity contribution in [1.82, 2.24) is 9.97 Å². The summed E-state index contributed by atoms with van der Waals surface area (Å²) >= 11 is 0. The van der Waals surface area contributed by atoms with Crippen molar-refractivity contribution in [3.8, 4) is 0 Å². The summed E-state index contributed by atoms with van der Waals surface area (Å²) in [5, 5.41) is 3.68. The quantitative estimate of drug-likeness (QED) is 0.761. The van der Waals surface area contributed by atoms with Crippen molar-refractivity contribution in [2.45, 2.75) is 20.3 Å². The molecule has 0 atom stereocenters. The van der Waals surface area contributed by atoms with E-state index in [4.69, 9.17) is 4.74 Å². The molecule has 0 amide bonds. The number of anilines is 1. The molecule has 0 bridgehead atoms. The minimum atomic E-state index is -0.126. The highest BCUT2D eigenvalue weighted by atomic mass is 16.5. The summed E-state index contributed by atoms with van der Waals surface area (Å²) < 4.78 is 5.50. The molecule has 2 rings (SSSR count). The first-order valence-corrected chi connectivity index (χ1v) is 6.97. The number of rotatable bonds is 7. The molecular formula is C15H21N3O2. The Morgan fingerprint density at radius 2 is 2.10 bits per heavy atom. The Kier molecular flexibility index (Phi) is 5.12. The molecule has 0 saturated carbocycles. The van der Waals surface area contributed by atoms with Gasteiger partial charge in [-0.1, -0.05) is 26.0 Å². The molecule has 5 heteroatoms. The molecule has 0 unspecified atom stereocenters. The zero-order chi connectivity index (χ0) is 14.4. The van der Waals surface area contributed by atoms with E-state index < -0.39 is 0 Å². The van der Waals surface area contributed by atoms with E-state index in [1.807, 2.05) is 18.2 Å². The molecule has 0 spiro atoms. The third-order valence-corrected chi connectivity index (χ3v) is 2.99. The second kappa shape index (κ2) is 7.05. The van der Waals surface area contributed by atoms with E-state index in [1.54, 1.807) is 6.07 Å². The Hall–Kier alpha value is -1.88. The molecule has 1 heterocycles. The van der Waals surface area contributed by atoms with Crippen molar-refractivity contribution in [3.63, 3.8) is 0 Å². The second-order valence-corrected chi connectivity index (χ2v) is 5.15.